The van der Waals surface area contributed by atoms with Crippen LogP contribution < -0.4 is 0 Å². The lowest BCUT2D eigenvalue weighted by molar-refractivity contribution is 0.0697. The number of nitrogens with zero attached hydrogens (tertiary/aromatic N) is 2. The molecule has 0 unspecified atom stereocenters. The van der Waals surface area contributed by atoms with Crippen molar-refractivity contribution in [3.05, 3.63) is 88.9 Å². The van der Waals surface area contributed by atoms with Gasteiger partial charge in [-0.3, -0.25) is 4.99 Å². The highest BCUT2D eigenvalue weighted by atomic mass is 19.1. The van der Waals surface area contributed by atoms with E-state index in [1.807, 2.05) is 30.5 Å². The molecule has 1 saturated carbocycles. The van der Waals surface area contributed by atoms with Crippen LogP contribution in [0.2, 0.25) is 0 Å². The molecule has 1 fully saturated rings. The number of aromatic carboxylic acids is 1. The third-order valence-corrected chi connectivity index (χ3v) is 7.25. The average Bonchev–Trinajstić information content (AvgIpc) is 3.45. The van der Waals surface area contributed by atoms with Gasteiger partial charge in [-0.25, -0.2) is 9.18 Å². The van der Waals surface area contributed by atoms with E-state index in [0.717, 1.165) is 46.1 Å². The molecule has 1 aliphatic heterocycles. The molecule has 2 aliphatic rings. The van der Waals surface area contributed by atoms with Crippen molar-refractivity contribution in [1.82, 2.24) is 4.57 Å². The van der Waals surface area contributed by atoms with E-state index in [-0.39, 0.29) is 11.4 Å². The van der Waals surface area contributed by atoms with Crippen molar-refractivity contribution in [2.45, 2.75) is 44.6 Å². The molecule has 170 valence electrons. The van der Waals surface area contributed by atoms with Crippen molar-refractivity contribution in [3.63, 3.8) is 0 Å². The summed E-state index contributed by atoms with van der Waals surface area (Å²) < 4.78 is 16.2. The number of carboxylic acid groups (broad SMARTS) is 1. The SMILES string of the molecule is O=C(O)c1ccc(-c2c(C3CCCCC3)n(-c3ccc(F)cc3)c3cc4c(cc23)CN=C4)cc1. The molecule has 6 rings (SSSR count). The summed E-state index contributed by atoms with van der Waals surface area (Å²) in [7, 11) is 0. The lowest BCUT2D eigenvalue weighted by Crippen LogP contribution is -2.11. The van der Waals surface area contributed by atoms with Gasteiger partial charge in [0.25, 0.3) is 0 Å². The summed E-state index contributed by atoms with van der Waals surface area (Å²) in [6.07, 6.45) is 7.78. The van der Waals surface area contributed by atoms with Gasteiger partial charge in [-0.1, -0.05) is 31.4 Å². The number of benzene rings is 3. The highest BCUT2D eigenvalue weighted by molar-refractivity contribution is 6.03. The summed E-state index contributed by atoms with van der Waals surface area (Å²) in [5.41, 5.74) is 8.02. The first-order chi connectivity index (χ1) is 16.6. The quantitative estimate of drug-likeness (QED) is 0.359. The zero-order valence-corrected chi connectivity index (χ0v) is 18.8. The van der Waals surface area contributed by atoms with Gasteiger partial charge in [0.1, 0.15) is 5.82 Å². The van der Waals surface area contributed by atoms with E-state index in [0.29, 0.717) is 12.5 Å². The van der Waals surface area contributed by atoms with E-state index in [4.69, 9.17) is 0 Å². The second kappa shape index (κ2) is 8.24. The van der Waals surface area contributed by atoms with E-state index >= 15 is 0 Å². The fraction of sp³-hybridized carbons (Fsp3) is 0.241. The van der Waals surface area contributed by atoms with Gasteiger partial charge in [-0.15, -0.1) is 0 Å². The summed E-state index contributed by atoms with van der Waals surface area (Å²) in [5, 5.41) is 10.5. The zero-order valence-electron chi connectivity index (χ0n) is 18.8. The number of hydrogen-bond acceptors (Lipinski definition) is 2. The highest BCUT2D eigenvalue weighted by Crippen LogP contribution is 2.46. The predicted molar refractivity (Wildman–Crippen MR) is 133 cm³/mol. The molecule has 1 N–H and O–H groups in total. The molecule has 0 amide bonds. The van der Waals surface area contributed by atoms with Gasteiger partial charge in [0.05, 0.1) is 17.6 Å². The number of rotatable bonds is 4. The Kier molecular flexibility index (Phi) is 5.05. The molecule has 0 bridgehead atoms. The number of aliphatic imine (C=N–C) groups is 1. The maximum absolute atomic E-state index is 13.8. The summed E-state index contributed by atoms with van der Waals surface area (Å²) >= 11 is 0. The standard InChI is InChI=1S/C29H25FN2O2/c30-23-10-12-24(13-11-23)32-26-15-22-17-31-16-21(22)14-25(26)27(28(32)19-4-2-1-3-5-19)18-6-8-20(9-7-18)29(33)34/h6-15,17,19H,1-5,16H2,(H,33,34). The Balaban J connectivity index is 1.69. The predicted octanol–water partition coefficient (Wildman–Crippen LogP) is 7.12. The fourth-order valence-electron chi connectivity index (χ4n) is 5.63. The molecular weight excluding hydrogens is 427 g/mol. The molecule has 0 saturated heterocycles. The smallest absolute Gasteiger partial charge is 0.335 e. The van der Waals surface area contributed by atoms with E-state index < -0.39 is 5.97 Å². The first-order valence-electron chi connectivity index (χ1n) is 11.9. The normalized spacial score (nSPS) is 15.7. The Morgan fingerprint density at radius 1 is 0.971 bits per heavy atom. The molecule has 0 atom stereocenters. The Bertz CT molecular complexity index is 1430. The van der Waals surface area contributed by atoms with Crippen molar-refractivity contribution >= 4 is 23.1 Å². The van der Waals surface area contributed by atoms with E-state index in [1.54, 1.807) is 12.1 Å². The molecule has 1 aliphatic carbocycles. The van der Waals surface area contributed by atoms with Gasteiger partial charge in [0.2, 0.25) is 0 Å². The minimum atomic E-state index is -0.928. The lowest BCUT2D eigenvalue weighted by Gasteiger charge is -2.25. The molecule has 34 heavy (non-hydrogen) atoms. The molecule has 4 aromatic rings. The minimum Gasteiger partial charge on any atom is -0.478 e. The molecule has 4 nitrogen and oxygen atoms in total. The lowest BCUT2D eigenvalue weighted by atomic mass is 9.83. The molecule has 3 aromatic carbocycles. The first kappa shape index (κ1) is 20.8. The number of carboxylic acids is 1. The summed E-state index contributed by atoms with van der Waals surface area (Å²) in [5.74, 6) is -0.802. The summed E-state index contributed by atoms with van der Waals surface area (Å²) in [6, 6.07) is 18.4. The third-order valence-electron chi connectivity index (χ3n) is 7.25. The van der Waals surface area contributed by atoms with Crippen LogP contribution in [0, 0.1) is 5.82 Å². The maximum atomic E-state index is 13.8. The van der Waals surface area contributed by atoms with Crippen LogP contribution in [-0.2, 0) is 6.54 Å². The van der Waals surface area contributed by atoms with Crippen LogP contribution in [0.4, 0.5) is 4.39 Å². The molecule has 1 aromatic heterocycles. The Hall–Kier alpha value is -3.73. The van der Waals surface area contributed by atoms with E-state index in [9.17, 15) is 14.3 Å². The maximum Gasteiger partial charge on any atom is 0.335 e. The van der Waals surface area contributed by atoms with Gasteiger partial charge in [-0.2, -0.15) is 0 Å². The van der Waals surface area contributed by atoms with Crippen molar-refractivity contribution in [2.24, 2.45) is 4.99 Å². The largest absolute Gasteiger partial charge is 0.478 e. The van der Waals surface area contributed by atoms with E-state index in [1.165, 1.54) is 42.7 Å². The topological polar surface area (TPSA) is 54.6 Å². The van der Waals surface area contributed by atoms with Gasteiger partial charge < -0.3 is 9.67 Å². The fourth-order valence-corrected chi connectivity index (χ4v) is 5.63. The third kappa shape index (κ3) is 3.43. The van der Waals surface area contributed by atoms with Gasteiger partial charge in [0.15, 0.2) is 0 Å². The summed E-state index contributed by atoms with van der Waals surface area (Å²) in [6.45, 7) is 0.670. The number of halogens is 1. The van der Waals surface area contributed by atoms with Crippen molar-refractivity contribution in [3.8, 4) is 16.8 Å². The average molecular weight is 453 g/mol. The van der Waals surface area contributed by atoms with Crippen LogP contribution in [0.25, 0.3) is 27.7 Å². The van der Waals surface area contributed by atoms with E-state index in [2.05, 4.69) is 21.7 Å². The van der Waals surface area contributed by atoms with Crippen molar-refractivity contribution < 1.29 is 14.3 Å². The molecular formula is C29H25FN2O2. The van der Waals surface area contributed by atoms with Crippen molar-refractivity contribution in [1.29, 1.82) is 0 Å². The summed E-state index contributed by atoms with van der Waals surface area (Å²) in [4.78, 5) is 15.9. The van der Waals surface area contributed by atoms with Crippen molar-refractivity contribution in [2.75, 3.05) is 0 Å². The second-order valence-corrected chi connectivity index (χ2v) is 9.33. The van der Waals surface area contributed by atoms with Crippen LogP contribution in [0.3, 0.4) is 0 Å². The van der Waals surface area contributed by atoms with Gasteiger partial charge in [0, 0.05) is 34.5 Å². The monoisotopic (exact) mass is 452 g/mol. The number of hydrogen-bond donors (Lipinski definition) is 1. The first-order valence-corrected chi connectivity index (χ1v) is 11.9. The minimum absolute atomic E-state index is 0.253. The Labute approximate surface area is 197 Å². The number of aromatic nitrogens is 1. The Morgan fingerprint density at radius 2 is 1.71 bits per heavy atom. The molecule has 5 heteroatoms. The van der Waals surface area contributed by atoms with Crippen LogP contribution >= 0.6 is 0 Å². The molecule has 2 heterocycles. The second-order valence-electron chi connectivity index (χ2n) is 9.33. The Morgan fingerprint density at radius 3 is 2.41 bits per heavy atom. The van der Waals surface area contributed by atoms with Gasteiger partial charge in [-0.05, 0) is 78.1 Å². The zero-order chi connectivity index (χ0) is 23.2. The number of carbonyl (C=O) groups is 1. The van der Waals surface area contributed by atoms with Crippen LogP contribution in [0.5, 0.6) is 0 Å². The molecule has 0 radical (unpaired) electrons. The highest BCUT2D eigenvalue weighted by Gasteiger charge is 2.28. The van der Waals surface area contributed by atoms with Crippen LogP contribution in [-0.4, -0.2) is 21.9 Å². The van der Waals surface area contributed by atoms with Crippen LogP contribution in [0.1, 0.15) is 65.2 Å². The van der Waals surface area contributed by atoms with Crippen LogP contribution in [0.15, 0.2) is 65.7 Å². The van der Waals surface area contributed by atoms with Gasteiger partial charge >= 0.3 is 5.97 Å². The molecule has 0 spiro atoms. The number of fused-ring (bicyclic) bond motifs is 2.